The van der Waals surface area contributed by atoms with Crippen LogP contribution < -0.4 is 10.1 Å². The van der Waals surface area contributed by atoms with E-state index < -0.39 is 23.1 Å². The van der Waals surface area contributed by atoms with E-state index in [2.05, 4.69) is 5.32 Å². The highest BCUT2D eigenvalue weighted by Gasteiger charge is 2.43. The number of carbonyl (C=O) groups is 2. The molecule has 2 saturated carbocycles. The van der Waals surface area contributed by atoms with Crippen LogP contribution in [0.3, 0.4) is 0 Å². The molecule has 2 aliphatic carbocycles. The van der Waals surface area contributed by atoms with Gasteiger partial charge in [0, 0.05) is 37.7 Å². The molecule has 7 heteroatoms. The molecule has 1 aromatic carbocycles. The van der Waals surface area contributed by atoms with Gasteiger partial charge in [-0.3, -0.25) is 9.59 Å². The van der Waals surface area contributed by atoms with E-state index in [1.807, 2.05) is 11.8 Å². The van der Waals surface area contributed by atoms with Gasteiger partial charge in [-0.1, -0.05) is 6.92 Å². The molecule has 3 aliphatic rings. The molecule has 0 bridgehead atoms. The molecular weight excluding hydrogens is 402 g/mol. The van der Waals surface area contributed by atoms with E-state index in [1.54, 1.807) is 0 Å². The minimum atomic E-state index is -0.887. The summed E-state index contributed by atoms with van der Waals surface area (Å²) in [6, 6.07) is 2.23. The lowest BCUT2D eigenvalue weighted by Gasteiger charge is -2.32. The van der Waals surface area contributed by atoms with Crippen LogP contribution in [0.25, 0.3) is 0 Å². The molecule has 1 aromatic rings. The first-order chi connectivity index (χ1) is 15.0. The Morgan fingerprint density at radius 3 is 2.42 bits per heavy atom. The summed E-state index contributed by atoms with van der Waals surface area (Å²) >= 11 is 0. The Labute approximate surface area is 182 Å². The molecule has 2 amide bonds. The minimum Gasteiger partial charge on any atom is -0.493 e. The van der Waals surface area contributed by atoms with Crippen LogP contribution in [0.2, 0.25) is 0 Å². The largest absolute Gasteiger partial charge is 0.493 e. The van der Waals surface area contributed by atoms with Crippen LogP contribution in [0, 0.1) is 29.4 Å². The lowest BCUT2D eigenvalue weighted by atomic mass is 9.90. The van der Waals surface area contributed by atoms with Gasteiger partial charge < -0.3 is 15.0 Å². The number of hydrogen-bond acceptors (Lipinski definition) is 3. The van der Waals surface area contributed by atoms with Crippen molar-refractivity contribution in [2.24, 2.45) is 17.8 Å². The molecule has 31 heavy (non-hydrogen) atoms. The molecule has 3 fully saturated rings. The number of amides is 2. The van der Waals surface area contributed by atoms with Crippen molar-refractivity contribution in [1.29, 1.82) is 0 Å². The van der Waals surface area contributed by atoms with Crippen LogP contribution >= 0.6 is 0 Å². The van der Waals surface area contributed by atoms with Gasteiger partial charge in [0.15, 0.2) is 0 Å². The van der Waals surface area contributed by atoms with E-state index in [4.69, 9.17) is 4.74 Å². The Bertz CT molecular complexity index is 796. The Morgan fingerprint density at radius 2 is 1.81 bits per heavy atom. The SMILES string of the molecule is CCCC(=O)N1CCC(C2CC2CCOc2cc(F)c(C(=O)NC3CC3)c(F)c2)CC1. The molecule has 0 radical (unpaired) electrons. The van der Waals surface area contributed by atoms with Crippen LogP contribution in [0.5, 0.6) is 5.75 Å². The summed E-state index contributed by atoms with van der Waals surface area (Å²) < 4.78 is 34.1. The predicted octanol–water partition coefficient (Wildman–Crippen LogP) is 4.30. The van der Waals surface area contributed by atoms with Crippen molar-refractivity contribution < 1.29 is 23.1 Å². The predicted molar refractivity (Wildman–Crippen MR) is 113 cm³/mol. The van der Waals surface area contributed by atoms with Crippen LogP contribution in [-0.2, 0) is 4.79 Å². The Kier molecular flexibility index (Phi) is 6.77. The zero-order valence-electron chi connectivity index (χ0n) is 18.2. The number of benzene rings is 1. The number of rotatable bonds is 9. The average molecular weight is 435 g/mol. The molecular formula is C24H32F2N2O3. The van der Waals surface area contributed by atoms with Crippen LogP contribution in [0.15, 0.2) is 12.1 Å². The molecule has 2 atom stereocenters. The molecule has 2 unspecified atom stereocenters. The second-order valence-corrected chi connectivity index (χ2v) is 9.27. The Morgan fingerprint density at radius 1 is 1.13 bits per heavy atom. The van der Waals surface area contributed by atoms with E-state index >= 15 is 0 Å². The fourth-order valence-corrected chi connectivity index (χ4v) is 4.79. The zero-order valence-corrected chi connectivity index (χ0v) is 18.2. The molecule has 4 rings (SSSR count). The third-order valence-electron chi connectivity index (χ3n) is 6.85. The maximum atomic E-state index is 14.3. The summed E-state index contributed by atoms with van der Waals surface area (Å²) in [5.41, 5.74) is -0.537. The summed E-state index contributed by atoms with van der Waals surface area (Å²) in [6.45, 7) is 4.16. The second-order valence-electron chi connectivity index (χ2n) is 9.27. The Balaban J connectivity index is 1.19. The normalized spacial score (nSPS) is 23.5. The summed E-state index contributed by atoms with van der Waals surface area (Å²) in [5, 5.41) is 2.61. The van der Waals surface area contributed by atoms with Gasteiger partial charge in [-0.15, -0.1) is 0 Å². The highest BCUT2D eigenvalue weighted by molar-refractivity contribution is 5.95. The average Bonchev–Trinajstić information content (AvgIpc) is 3.65. The molecule has 0 aromatic heterocycles. The highest BCUT2D eigenvalue weighted by Crippen LogP contribution is 2.49. The maximum absolute atomic E-state index is 14.3. The van der Waals surface area contributed by atoms with Crippen molar-refractivity contribution in [3.63, 3.8) is 0 Å². The fraction of sp³-hybridized carbons (Fsp3) is 0.667. The second kappa shape index (κ2) is 9.53. The number of nitrogens with zero attached hydrogens (tertiary/aromatic N) is 1. The number of halogens is 2. The van der Waals surface area contributed by atoms with Crippen LogP contribution in [0.1, 0.15) is 68.6 Å². The van der Waals surface area contributed by atoms with Crippen LogP contribution in [-0.4, -0.2) is 42.5 Å². The van der Waals surface area contributed by atoms with E-state index in [9.17, 15) is 18.4 Å². The smallest absolute Gasteiger partial charge is 0.257 e. The van der Waals surface area contributed by atoms with E-state index in [0.717, 1.165) is 63.7 Å². The number of carbonyl (C=O) groups excluding carboxylic acids is 2. The standard InChI is InChI=1S/C24H32F2N2O3/c1-2-3-22(29)28-9-6-15(7-10-28)19-12-16(19)8-11-31-18-13-20(25)23(21(26)14-18)24(30)27-17-4-5-17/h13-17,19H,2-12H2,1H3,(H,27,30). The summed E-state index contributed by atoms with van der Waals surface area (Å²) in [6.07, 6.45) is 7.40. The summed E-state index contributed by atoms with van der Waals surface area (Å²) in [4.78, 5) is 26.0. The maximum Gasteiger partial charge on any atom is 0.257 e. The van der Waals surface area contributed by atoms with E-state index in [1.165, 1.54) is 6.42 Å². The van der Waals surface area contributed by atoms with Gasteiger partial charge in [-0.25, -0.2) is 8.78 Å². The number of likely N-dealkylation sites (tertiary alicyclic amines) is 1. The van der Waals surface area contributed by atoms with Gasteiger partial charge in [-0.2, -0.15) is 0 Å². The number of piperidine rings is 1. The van der Waals surface area contributed by atoms with Crippen molar-refractivity contribution in [2.45, 2.75) is 64.3 Å². The van der Waals surface area contributed by atoms with E-state index in [-0.39, 0.29) is 17.7 Å². The molecule has 170 valence electrons. The molecule has 1 heterocycles. The first kappa shape index (κ1) is 22.0. The van der Waals surface area contributed by atoms with Gasteiger partial charge in [0.05, 0.1) is 6.61 Å². The van der Waals surface area contributed by atoms with Gasteiger partial charge in [0.25, 0.3) is 5.91 Å². The molecule has 5 nitrogen and oxygen atoms in total. The quantitative estimate of drug-likeness (QED) is 0.630. The third-order valence-corrected chi connectivity index (χ3v) is 6.85. The fourth-order valence-electron chi connectivity index (χ4n) is 4.79. The van der Waals surface area contributed by atoms with Gasteiger partial charge in [0.1, 0.15) is 22.9 Å². The monoisotopic (exact) mass is 434 g/mol. The highest BCUT2D eigenvalue weighted by atomic mass is 19.1. The van der Waals surface area contributed by atoms with Crippen molar-refractivity contribution in [3.8, 4) is 5.75 Å². The first-order valence-electron chi connectivity index (χ1n) is 11.7. The van der Waals surface area contributed by atoms with Crippen molar-refractivity contribution in [1.82, 2.24) is 10.2 Å². The Hall–Kier alpha value is -2.18. The molecule has 1 aliphatic heterocycles. The number of nitrogens with one attached hydrogen (secondary N) is 1. The lowest BCUT2D eigenvalue weighted by molar-refractivity contribution is -0.132. The molecule has 1 saturated heterocycles. The lowest BCUT2D eigenvalue weighted by Crippen LogP contribution is -2.38. The molecule has 0 spiro atoms. The first-order valence-corrected chi connectivity index (χ1v) is 11.7. The van der Waals surface area contributed by atoms with Gasteiger partial charge in [0.2, 0.25) is 5.91 Å². The van der Waals surface area contributed by atoms with Gasteiger partial charge >= 0.3 is 0 Å². The summed E-state index contributed by atoms with van der Waals surface area (Å²) in [7, 11) is 0. The topological polar surface area (TPSA) is 58.6 Å². The number of hydrogen-bond donors (Lipinski definition) is 1. The summed E-state index contributed by atoms with van der Waals surface area (Å²) in [5.74, 6) is -0.156. The van der Waals surface area contributed by atoms with Crippen molar-refractivity contribution in [3.05, 3.63) is 29.3 Å². The minimum absolute atomic E-state index is 0.0396. The number of ether oxygens (including phenoxy) is 1. The van der Waals surface area contributed by atoms with Crippen LogP contribution in [0.4, 0.5) is 8.78 Å². The van der Waals surface area contributed by atoms with Crippen molar-refractivity contribution >= 4 is 11.8 Å². The van der Waals surface area contributed by atoms with E-state index in [0.29, 0.717) is 30.8 Å². The third kappa shape index (κ3) is 5.55. The van der Waals surface area contributed by atoms with Gasteiger partial charge in [-0.05, 0) is 62.7 Å². The molecule has 1 N–H and O–H groups in total. The zero-order chi connectivity index (χ0) is 22.0. The van der Waals surface area contributed by atoms with Crippen molar-refractivity contribution in [2.75, 3.05) is 19.7 Å².